The molecule has 1 N–H and O–H groups in total. The molecule has 3 fully saturated rings. The summed E-state index contributed by atoms with van der Waals surface area (Å²) in [5.41, 5.74) is 11.7. The van der Waals surface area contributed by atoms with E-state index in [-0.39, 0.29) is 12.5 Å². The number of azide groups is 1. The Labute approximate surface area is 305 Å². The Balaban J connectivity index is 1.37. The minimum Gasteiger partial charge on any atom is -0.463 e. The lowest BCUT2D eigenvalue weighted by molar-refractivity contribution is -0.351. The first-order valence-electron chi connectivity index (χ1n) is 18.0. The second-order valence-electron chi connectivity index (χ2n) is 14.0. The lowest BCUT2D eigenvalue weighted by atomic mass is 9.87. The lowest BCUT2D eigenvalue weighted by Gasteiger charge is -2.50. The average molecular weight is 728 g/mol. The van der Waals surface area contributed by atoms with Crippen molar-refractivity contribution in [2.24, 2.45) is 22.9 Å². The number of carbonyl (C=O) groups is 1. The zero-order valence-electron chi connectivity index (χ0n) is 30.9. The van der Waals surface area contributed by atoms with Crippen molar-refractivity contribution in [1.29, 1.82) is 0 Å². The molecule has 14 heteroatoms. The van der Waals surface area contributed by atoms with Gasteiger partial charge in [0, 0.05) is 30.8 Å². The van der Waals surface area contributed by atoms with Crippen molar-refractivity contribution in [3.8, 4) is 0 Å². The Morgan fingerprint density at radius 2 is 1.31 bits per heavy atom. The maximum Gasteiger partial charge on any atom is 0.302 e. The Bertz CT molecular complexity index is 1450. The average Bonchev–Trinajstić information content (AvgIpc) is 3.14. The van der Waals surface area contributed by atoms with Gasteiger partial charge in [0.05, 0.1) is 49.8 Å². The normalized spacial score (nSPS) is 37.9. The number of hydrogen-bond acceptors (Lipinski definition) is 12. The van der Waals surface area contributed by atoms with Gasteiger partial charge in [-0.2, -0.15) is 0 Å². The van der Waals surface area contributed by atoms with Crippen molar-refractivity contribution < 1.29 is 52.5 Å². The minimum atomic E-state index is -1.08. The fourth-order valence-electron chi connectivity index (χ4n) is 7.23. The van der Waals surface area contributed by atoms with Crippen molar-refractivity contribution in [2.75, 3.05) is 13.7 Å². The summed E-state index contributed by atoms with van der Waals surface area (Å²) in [4.78, 5) is 15.2. The van der Waals surface area contributed by atoms with Crippen LogP contribution in [0.15, 0.2) is 65.8 Å². The number of benzene rings is 2. The number of methoxy groups -OCH3 is 1. The summed E-state index contributed by atoms with van der Waals surface area (Å²) in [5, 5.41) is 15.2. The molecular weight excluding hydrogens is 674 g/mol. The Kier molecular flexibility index (Phi) is 14.4. The van der Waals surface area contributed by atoms with Crippen molar-refractivity contribution in [1.82, 2.24) is 0 Å². The van der Waals surface area contributed by atoms with Crippen LogP contribution < -0.4 is 0 Å². The van der Waals surface area contributed by atoms with E-state index in [1.165, 1.54) is 6.92 Å². The van der Waals surface area contributed by atoms with E-state index in [9.17, 15) is 15.4 Å². The highest BCUT2D eigenvalue weighted by molar-refractivity contribution is 5.65. The fourth-order valence-corrected chi connectivity index (χ4v) is 7.23. The van der Waals surface area contributed by atoms with Crippen molar-refractivity contribution in [2.45, 2.75) is 128 Å². The molecule has 0 aliphatic carbocycles. The fraction of sp³-hybridized carbons (Fsp3) is 0.658. The SMILES string of the molecule is CO[C@@H]1OC(C)[C@H](O[C@@H]2OC(COC(C)=O)[C@@H](O[C@@H]3OC(C)[C@@H](O)[C@@H](OCc4ccccc4)C3C)[C@H](C)C2N=[N+]=[N-])[C@@H](OCc2ccccc2)C1C. The lowest BCUT2D eigenvalue weighted by Crippen LogP contribution is -2.62. The molecule has 3 aliphatic heterocycles. The zero-order chi connectivity index (χ0) is 37.4. The Morgan fingerprint density at radius 1 is 0.750 bits per heavy atom. The van der Waals surface area contributed by atoms with Gasteiger partial charge in [0.1, 0.15) is 24.9 Å². The predicted molar refractivity (Wildman–Crippen MR) is 187 cm³/mol. The number of nitrogens with zero attached hydrogens (tertiary/aromatic N) is 3. The topological polar surface area (TPSA) is 169 Å². The largest absolute Gasteiger partial charge is 0.463 e. The number of aliphatic hydroxyl groups excluding tert-OH is 1. The summed E-state index contributed by atoms with van der Waals surface area (Å²) >= 11 is 0. The van der Waals surface area contributed by atoms with E-state index in [4.69, 9.17) is 42.6 Å². The Morgan fingerprint density at radius 3 is 1.88 bits per heavy atom. The van der Waals surface area contributed by atoms with Crippen molar-refractivity contribution >= 4 is 5.97 Å². The molecule has 5 rings (SSSR count). The van der Waals surface area contributed by atoms with Gasteiger partial charge in [-0.25, -0.2) is 0 Å². The van der Waals surface area contributed by atoms with E-state index in [0.717, 1.165) is 11.1 Å². The number of esters is 1. The van der Waals surface area contributed by atoms with Crippen LogP contribution in [0.1, 0.15) is 52.7 Å². The van der Waals surface area contributed by atoms with E-state index >= 15 is 0 Å². The molecule has 3 aliphatic rings. The van der Waals surface area contributed by atoms with Crippen LogP contribution in [0.5, 0.6) is 0 Å². The van der Waals surface area contributed by atoms with Gasteiger partial charge < -0.3 is 47.7 Å². The first-order chi connectivity index (χ1) is 25.0. The highest BCUT2D eigenvalue weighted by atomic mass is 16.7. The van der Waals surface area contributed by atoms with Gasteiger partial charge >= 0.3 is 5.97 Å². The third-order valence-corrected chi connectivity index (χ3v) is 10.2. The van der Waals surface area contributed by atoms with Gasteiger partial charge in [-0.05, 0) is 36.4 Å². The highest BCUT2D eigenvalue weighted by Crippen LogP contribution is 2.39. The van der Waals surface area contributed by atoms with Crippen LogP contribution in [-0.2, 0) is 60.6 Å². The second kappa shape index (κ2) is 18.8. The minimum absolute atomic E-state index is 0.160. The molecule has 286 valence electrons. The molecule has 0 radical (unpaired) electrons. The summed E-state index contributed by atoms with van der Waals surface area (Å²) < 4.78 is 56.1. The van der Waals surface area contributed by atoms with Crippen LogP contribution in [0.3, 0.4) is 0 Å². The molecule has 3 saturated heterocycles. The van der Waals surface area contributed by atoms with Crippen LogP contribution in [0.25, 0.3) is 10.4 Å². The van der Waals surface area contributed by atoms with E-state index in [2.05, 4.69) is 10.0 Å². The quantitative estimate of drug-likeness (QED) is 0.116. The Hall–Kier alpha value is -3.14. The van der Waals surface area contributed by atoms with Crippen LogP contribution >= 0.6 is 0 Å². The van der Waals surface area contributed by atoms with E-state index in [1.54, 1.807) is 14.0 Å². The summed E-state index contributed by atoms with van der Waals surface area (Å²) in [6.07, 6.45) is -7.84. The van der Waals surface area contributed by atoms with E-state index in [1.807, 2.05) is 88.4 Å². The zero-order valence-corrected chi connectivity index (χ0v) is 30.9. The van der Waals surface area contributed by atoms with Crippen LogP contribution in [0.4, 0.5) is 0 Å². The van der Waals surface area contributed by atoms with Crippen molar-refractivity contribution in [3.63, 3.8) is 0 Å². The molecule has 3 heterocycles. The first-order valence-corrected chi connectivity index (χ1v) is 18.0. The summed E-state index contributed by atoms with van der Waals surface area (Å²) in [6.45, 7) is 11.1. The van der Waals surface area contributed by atoms with E-state index in [0.29, 0.717) is 13.2 Å². The van der Waals surface area contributed by atoms with Crippen LogP contribution in [0, 0.1) is 17.8 Å². The van der Waals surface area contributed by atoms with Crippen LogP contribution in [0.2, 0.25) is 0 Å². The first kappa shape index (κ1) is 40.1. The van der Waals surface area contributed by atoms with Crippen molar-refractivity contribution in [3.05, 3.63) is 82.2 Å². The van der Waals surface area contributed by atoms with Gasteiger partial charge in [-0.1, -0.05) is 86.5 Å². The molecule has 15 atom stereocenters. The summed E-state index contributed by atoms with van der Waals surface area (Å²) in [7, 11) is 1.59. The molecule has 0 aromatic heterocycles. The van der Waals surface area contributed by atoms with Crippen LogP contribution in [-0.4, -0.2) is 98.5 Å². The second-order valence-corrected chi connectivity index (χ2v) is 14.0. The number of rotatable bonds is 14. The molecule has 0 saturated carbocycles. The smallest absolute Gasteiger partial charge is 0.302 e. The molecular formula is C38H53N3O11. The molecule has 6 unspecified atom stereocenters. The standard InChI is InChI=1S/C38H53N3O11/c1-21-30(40-41-39)38(52-35-25(5)49-36(44-7)23(3)34(35)47-19-28-16-12-9-13-17-28)50-29(20-45-26(6)42)32(21)51-37-22(2)33(31(43)24(4)48-37)46-18-27-14-10-8-11-15-27/h8-17,21-25,29-38,43H,18-20H2,1-7H3/t21-,22?,23?,24?,25?,29?,30?,31-,32+,33+,34+,35+,36-,37+,38+/m1/s1. The van der Waals surface area contributed by atoms with Gasteiger partial charge in [-0.15, -0.1) is 0 Å². The maximum absolute atomic E-state index is 12.0. The third kappa shape index (κ3) is 9.69. The van der Waals surface area contributed by atoms with Gasteiger partial charge in [0.25, 0.3) is 0 Å². The molecule has 14 nitrogen and oxygen atoms in total. The maximum atomic E-state index is 12.0. The number of aliphatic hydroxyl groups is 1. The molecule has 2 aromatic rings. The number of ether oxygens (including phenoxy) is 9. The molecule has 0 bridgehead atoms. The summed E-state index contributed by atoms with van der Waals surface area (Å²) in [6, 6.07) is 18.6. The van der Waals surface area contributed by atoms with E-state index < -0.39 is 91.5 Å². The number of carbonyl (C=O) groups excluding carboxylic acids is 1. The number of hydrogen-bond donors (Lipinski definition) is 1. The van der Waals surface area contributed by atoms with Gasteiger partial charge in [0.2, 0.25) is 0 Å². The van der Waals surface area contributed by atoms with Gasteiger partial charge in [0.15, 0.2) is 18.9 Å². The third-order valence-electron chi connectivity index (χ3n) is 10.2. The molecule has 52 heavy (non-hydrogen) atoms. The predicted octanol–water partition coefficient (Wildman–Crippen LogP) is 5.30. The molecule has 0 amide bonds. The highest BCUT2D eigenvalue weighted by Gasteiger charge is 2.52. The summed E-state index contributed by atoms with van der Waals surface area (Å²) in [5.74, 6) is -1.66. The molecule has 0 spiro atoms. The monoisotopic (exact) mass is 727 g/mol. The molecule has 2 aromatic carbocycles. The van der Waals surface area contributed by atoms with Gasteiger partial charge in [-0.3, -0.25) is 4.79 Å².